The second-order valence-corrected chi connectivity index (χ2v) is 21.7. The van der Waals surface area contributed by atoms with Crippen molar-refractivity contribution < 1.29 is 28.6 Å². The molecule has 0 saturated carbocycles. The molecular formula is C63H122O6. The van der Waals surface area contributed by atoms with Gasteiger partial charge in [0.1, 0.15) is 13.2 Å². The minimum atomic E-state index is -0.759. The van der Waals surface area contributed by atoms with E-state index in [0.29, 0.717) is 19.3 Å². The molecular weight excluding hydrogens is 853 g/mol. The summed E-state index contributed by atoms with van der Waals surface area (Å²) in [5.41, 5.74) is 0. The summed E-state index contributed by atoms with van der Waals surface area (Å²) in [5.74, 6) is -0.849. The van der Waals surface area contributed by atoms with Gasteiger partial charge in [-0.3, -0.25) is 14.4 Å². The van der Waals surface area contributed by atoms with Gasteiger partial charge in [-0.1, -0.05) is 329 Å². The summed E-state index contributed by atoms with van der Waals surface area (Å²) in [4.78, 5) is 37.8. The van der Waals surface area contributed by atoms with Gasteiger partial charge in [-0.2, -0.15) is 0 Å². The molecule has 0 aromatic carbocycles. The fourth-order valence-corrected chi connectivity index (χ4v) is 9.86. The quantitative estimate of drug-likeness (QED) is 0.0343. The van der Waals surface area contributed by atoms with E-state index in [4.69, 9.17) is 14.2 Å². The monoisotopic (exact) mass is 975 g/mol. The number of hydrogen-bond donors (Lipinski definition) is 0. The van der Waals surface area contributed by atoms with Crippen LogP contribution in [0.2, 0.25) is 0 Å². The smallest absolute Gasteiger partial charge is 0.306 e. The average molecular weight is 976 g/mol. The van der Waals surface area contributed by atoms with Crippen molar-refractivity contribution in [1.29, 1.82) is 0 Å². The van der Waals surface area contributed by atoms with Crippen LogP contribution in [0.5, 0.6) is 0 Å². The molecule has 0 aliphatic heterocycles. The van der Waals surface area contributed by atoms with Crippen LogP contribution in [0.1, 0.15) is 367 Å². The Labute approximate surface area is 431 Å². The van der Waals surface area contributed by atoms with Gasteiger partial charge in [0.15, 0.2) is 6.10 Å². The predicted molar refractivity (Wildman–Crippen MR) is 298 cm³/mol. The van der Waals surface area contributed by atoms with E-state index in [0.717, 1.165) is 57.8 Å². The second-order valence-electron chi connectivity index (χ2n) is 21.7. The largest absolute Gasteiger partial charge is 0.462 e. The van der Waals surface area contributed by atoms with E-state index in [1.807, 2.05) is 0 Å². The summed E-state index contributed by atoms with van der Waals surface area (Å²) < 4.78 is 16.8. The van der Waals surface area contributed by atoms with Crippen LogP contribution < -0.4 is 0 Å². The Balaban J connectivity index is 3.83. The molecule has 0 aromatic rings. The number of hydrogen-bond acceptors (Lipinski definition) is 6. The molecule has 0 N–H and O–H groups in total. The predicted octanol–water partition coefficient (Wildman–Crippen LogP) is 21.1. The molecule has 0 spiro atoms. The minimum Gasteiger partial charge on any atom is -0.462 e. The van der Waals surface area contributed by atoms with Crippen LogP contribution in [-0.2, 0) is 28.6 Å². The lowest BCUT2D eigenvalue weighted by Gasteiger charge is -2.18. The average Bonchev–Trinajstić information content (AvgIpc) is 3.35. The molecule has 0 rings (SSSR count). The van der Waals surface area contributed by atoms with E-state index in [9.17, 15) is 14.4 Å². The third-order valence-corrected chi connectivity index (χ3v) is 14.6. The van der Waals surface area contributed by atoms with E-state index in [1.165, 1.54) is 270 Å². The van der Waals surface area contributed by atoms with Crippen LogP contribution in [0.3, 0.4) is 0 Å². The molecule has 0 radical (unpaired) electrons. The van der Waals surface area contributed by atoms with E-state index >= 15 is 0 Å². The first kappa shape index (κ1) is 67.4. The van der Waals surface area contributed by atoms with Gasteiger partial charge in [0.25, 0.3) is 0 Å². The molecule has 6 heteroatoms. The molecule has 6 nitrogen and oxygen atoms in total. The highest BCUT2D eigenvalue weighted by atomic mass is 16.6. The standard InChI is InChI=1S/C63H122O6/c1-4-7-10-13-16-18-20-22-23-24-25-26-27-28-29-30-31-32-33-34-35-36-37-38-39-40-41-42-44-45-47-50-53-56-62(65)68-59-60(58-67-61(64)55-52-49-15-12-9-6-3)69-63(66)57-54-51-48-46-43-21-19-17-14-11-8-5-2/h60H,4-59H2,1-3H3. The summed E-state index contributed by atoms with van der Waals surface area (Å²) in [7, 11) is 0. The highest BCUT2D eigenvalue weighted by Crippen LogP contribution is 2.19. The van der Waals surface area contributed by atoms with E-state index in [1.54, 1.807) is 0 Å². The topological polar surface area (TPSA) is 78.9 Å². The lowest BCUT2D eigenvalue weighted by Crippen LogP contribution is -2.30. The van der Waals surface area contributed by atoms with Crippen LogP contribution in [0, 0.1) is 0 Å². The summed E-state index contributed by atoms with van der Waals surface area (Å²) in [6.07, 6.45) is 67.5. The number of ether oxygens (including phenoxy) is 3. The van der Waals surface area contributed by atoms with Crippen LogP contribution >= 0.6 is 0 Å². The Kier molecular flexibility index (Phi) is 57.6. The molecule has 0 heterocycles. The lowest BCUT2D eigenvalue weighted by molar-refractivity contribution is -0.167. The maximum atomic E-state index is 12.7. The maximum Gasteiger partial charge on any atom is 0.306 e. The molecule has 0 bridgehead atoms. The summed E-state index contributed by atoms with van der Waals surface area (Å²) >= 11 is 0. The highest BCUT2D eigenvalue weighted by Gasteiger charge is 2.19. The summed E-state index contributed by atoms with van der Waals surface area (Å²) in [6, 6.07) is 0. The van der Waals surface area contributed by atoms with Crippen molar-refractivity contribution in [3.8, 4) is 0 Å². The molecule has 0 saturated heterocycles. The number of unbranched alkanes of at least 4 members (excludes halogenated alkanes) is 48. The van der Waals surface area contributed by atoms with Crippen LogP contribution in [0.4, 0.5) is 0 Å². The molecule has 0 aliphatic rings. The van der Waals surface area contributed by atoms with Crippen molar-refractivity contribution in [2.75, 3.05) is 13.2 Å². The molecule has 0 aliphatic carbocycles. The number of carbonyl (C=O) groups excluding carboxylic acids is 3. The van der Waals surface area contributed by atoms with Gasteiger partial charge in [-0.15, -0.1) is 0 Å². The maximum absolute atomic E-state index is 12.7. The Bertz CT molecular complexity index is 1030. The van der Waals surface area contributed by atoms with Crippen LogP contribution in [-0.4, -0.2) is 37.2 Å². The fourth-order valence-electron chi connectivity index (χ4n) is 9.86. The van der Waals surface area contributed by atoms with Crippen LogP contribution in [0.25, 0.3) is 0 Å². The third kappa shape index (κ3) is 57.2. The van der Waals surface area contributed by atoms with Gasteiger partial charge in [-0.25, -0.2) is 0 Å². The summed E-state index contributed by atoms with van der Waals surface area (Å²) in [6.45, 7) is 6.64. The summed E-state index contributed by atoms with van der Waals surface area (Å²) in [5, 5.41) is 0. The number of carbonyl (C=O) groups is 3. The van der Waals surface area contributed by atoms with Gasteiger partial charge in [0.05, 0.1) is 0 Å². The van der Waals surface area contributed by atoms with Gasteiger partial charge < -0.3 is 14.2 Å². The van der Waals surface area contributed by atoms with Crippen molar-refractivity contribution in [3.05, 3.63) is 0 Å². The lowest BCUT2D eigenvalue weighted by atomic mass is 10.0. The zero-order chi connectivity index (χ0) is 50.0. The Morgan fingerprint density at radius 1 is 0.232 bits per heavy atom. The molecule has 1 atom stereocenters. The Morgan fingerprint density at radius 3 is 0.580 bits per heavy atom. The minimum absolute atomic E-state index is 0.0625. The van der Waals surface area contributed by atoms with Crippen molar-refractivity contribution in [3.63, 3.8) is 0 Å². The van der Waals surface area contributed by atoms with Gasteiger partial charge in [-0.05, 0) is 19.3 Å². The van der Waals surface area contributed by atoms with E-state index in [2.05, 4.69) is 20.8 Å². The molecule has 69 heavy (non-hydrogen) atoms. The highest BCUT2D eigenvalue weighted by molar-refractivity contribution is 5.71. The SMILES string of the molecule is CCCCCCCCCCCCCCCCCCCCCCCCCCCCCCCCCCCC(=O)OCC(COC(=O)CCCCCCCC)OC(=O)CCCCCCCCCCCCCC. The van der Waals surface area contributed by atoms with Crippen molar-refractivity contribution in [1.82, 2.24) is 0 Å². The normalized spacial score (nSPS) is 11.9. The van der Waals surface area contributed by atoms with Gasteiger partial charge in [0, 0.05) is 19.3 Å². The molecule has 0 amide bonds. The van der Waals surface area contributed by atoms with Crippen molar-refractivity contribution in [2.45, 2.75) is 374 Å². The molecule has 1 unspecified atom stereocenters. The third-order valence-electron chi connectivity index (χ3n) is 14.6. The number of rotatable bonds is 59. The van der Waals surface area contributed by atoms with E-state index in [-0.39, 0.29) is 31.1 Å². The first-order valence-corrected chi connectivity index (χ1v) is 31.5. The first-order chi connectivity index (χ1) is 34.0. The first-order valence-electron chi connectivity index (χ1n) is 31.5. The fraction of sp³-hybridized carbons (Fsp3) is 0.952. The van der Waals surface area contributed by atoms with E-state index < -0.39 is 6.10 Å². The molecule has 0 aromatic heterocycles. The second kappa shape index (κ2) is 59.0. The Hall–Kier alpha value is -1.59. The van der Waals surface area contributed by atoms with Gasteiger partial charge in [0.2, 0.25) is 0 Å². The zero-order valence-corrected chi connectivity index (χ0v) is 47.1. The van der Waals surface area contributed by atoms with Crippen molar-refractivity contribution in [2.24, 2.45) is 0 Å². The zero-order valence-electron chi connectivity index (χ0n) is 47.1. The Morgan fingerprint density at radius 2 is 0.391 bits per heavy atom. The molecule has 0 fully saturated rings. The van der Waals surface area contributed by atoms with Crippen LogP contribution in [0.15, 0.2) is 0 Å². The van der Waals surface area contributed by atoms with Crippen molar-refractivity contribution >= 4 is 17.9 Å². The number of esters is 3. The van der Waals surface area contributed by atoms with Gasteiger partial charge >= 0.3 is 17.9 Å². The molecule has 410 valence electrons.